The first-order valence-electron chi connectivity index (χ1n) is 8.74. The molecule has 0 fully saturated rings. The first-order chi connectivity index (χ1) is 12.9. The van der Waals surface area contributed by atoms with Crippen LogP contribution in [0.1, 0.15) is 41.5 Å². The number of carbonyl (C=O) groups is 2. The Morgan fingerprint density at radius 3 is 2.67 bits per heavy atom. The average Bonchev–Trinajstić information content (AvgIpc) is 3.05. The van der Waals surface area contributed by atoms with Crippen LogP contribution in [0.2, 0.25) is 0 Å². The number of nitrogens with one attached hydrogen (secondary N) is 1. The van der Waals surface area contributed by atoms with E-state index in [9.17, 15) is 9.59 Å². The number of amides is 1. The van der Waals surface area contributed by atoms with E-state index in [1.165, 1.54) is 0 Å². The van der Waals surface area contributed by atoms with Gasteiger partial charge in [0, 0.05) is 17.4 Å². The van der Waals surface area contributed by atoms with E-state index >= 15 is 0 Å². The van der Waals surface area contributed by atoms with Gasteiger partial charge in [-0.15, -0.1) is 0 Å². The first kappa shape index (κ1) is 18.6. The molecule has 1 aromatic carbocycles. The molecule has 1 N–H and O–H groups in total. The predicted molar refractivity (Wildman–Crippen MR) is 103 cm³/mol. The van der Waals surface area contributed by atoms with Crippen LogP contribution in [-0.2, 0) is 9.53 Å². The first-order valence-corrected chi connectivity index (χ1v) is 8.74. The summed E-state index contributed by atoms with van der Waals surface area (Å²) in [5, 5.41) is 7.66. The van der Waals surface area contributed by atoms with Gasteiger partial charge >= 0.3 is 5.97 Å². The topological polar surface area (TPSA) is 86.1 Å². The van der Waals surface area contributed by atoms with Crippen LogP contribution in [0.4, 0.5) is 5.69 Å². The molecule has 3 aromatic rings. The number of hydrogen-bond donors (Lipinski definition) is 1. The molecule has 7 nitrogen and oxygen atoms in total. The number of esters is 1. The van der Waals surface area contributed by atoms with Crippen molar-refractivity contribution in [3.63, 3.8) is 0 Å². The normalized spacial score (nSPS) is 11.0. The average molecular weight is 366 g/mol. The highest BCUT2D eigenvalue weighted by atomic mass is 16.5. The van der Waals surface area contributed by atoms with Gasteiger partial charge in [0.2, 0.25) is 0 Å². The van der Waals surface area contributed by atoms with Crippen LogP contribution in [0.3, 0.4) is 0 Å². The van der Waals surface area contributed by atoms with Crippen molar-refractivity contribution in [2.24, 2.45) is 0 Å². The summed E-state index contributed by atoms with van der Waals surface area (Å²) in [6, 6.07) is 9.17. The zero-order chi connectivity index (χ0) is 19.6. The summed E-state index contributed by atoms with van der Waals surface area (Å²) in [7, 11) is 0. The number of carbonyl (C=O) groups excluding carboxylic acids is 2. The summed E-state index contributed by atoms with van der Waals surface area (Å²) in [6.07, 6.45) is 1.60. The molecule has 0 atom stereocenters. The summed E-state index contributed by atoms with van der Waals surface area (Å²) in [6.45, 7) is 7.31. The Kier molecular flexibility index (Phi) is 5.21. The maximum absolute atomic E-state index is 12.5. The molecule has 2 aromatic heterocycles. The van der Waals surface area contributed by atoms with Crippen LogP contribution in [0, 0.1) is 13.8 Å². The van der Waals surface area contributed by atoms with Gasteiger partial charge in [0.25, 0.3) is 5.91 Å². The second kappa shape index (κ2) is 7.57. The lowest BCUT2D eigenvalue weighted by Crippen LogP contribution is -2.21. The second-order valence-electron chi connectivity index (χ2n) is 6.67. The van der Waals surface area contributed by atoms with Crippen LogP contribution in [0.25, 0.3) is 11.0 Å². The number of anilines is 1. The van der Waals surface area contributed by atoms with Crippen molar-refractivity contribution in [3.05, 3.63) is 53.3 Å². The van der Waals surface area contributed by atoms with E-state index in [0.29, 0.717) is 28.0 Å². The van der Waals surface area contributed by atoms with Gasteiger partial charge in [-0.1, -0.05) is 18.2 Å². The molecule has 0 bridgehead atoms. The zero-order valence-electron chi connectivity index (χ0n) is 15.8. The van der Waals surface area contributed by atoms with E-state index in [4.69, 9.17) is 4.74 Å². The fourth-order valence-corrected chi connectivity index (χ4v) is 2.80. The number of hydrogen-bond acceptors (Lipinski definition) is 5. The molecular weight excluding hydrogens is 344 g/mol. The molecular formula is C20H22N4O3. The highest BCUT2D eigenvalue weighted by molar-refractivity contribution is 6.03. The van der Waals surface area contributed by atoms with Crippen LogP contribution < -0.4 is 5.32 Å². The van der Waals surface area contributed by atoms with Gasteiger partial charge in [0.1, 0.15) is 0 Å². The number of fused-ring (bicyclic) bond motifs is 1. The second-order valence-corrected chi connectivity index (χ2v) is 6.67. The van der Waals surface area contributed by atoms with Crippen LogP contribution in [0.15, 0.2) is 36.5 Å². The van der Waals surface area contributed by atoms with E-state index in [1.54, 1.807) is 29.9 Å². The van der Waals surface area contributed by atoms with Crippen molar-refractivity contribution in [3.8, 4) is 0 Å². The number of pyridine rings is 1. The molecule has 0 saturated heterocycles. The molecule has 27 heavy (non-hydrogen) atoms. The lowest BCUT2D eigenvalue weighted by atomic mass is 10.1. The maximum Gasteiger partial charge on any atom is 0.339 e. The molecule has 0 spiro atoms. The van der Waals surface area contributed by atoms with E-state index < -0.39 is 11.9 Å². The van der Waals surface area contributed by atoms with E-state index in [-0.39, 0.29) is 12.6 Å². The lowest BCUT2D eigenvalue weighted by molar-refractivity contribution is -0.119. The summed E-state index contributed by atoms with van der Waals surface area (Å²) in [4.78, 5) is 29.1. The molecule has 0 unspecified atom stereocenters. The number of nitrogens with zero attached hydrogens (tertiary/aromatic N) is 3. The Morgan fingerprint density at radius 1 is 1.22 bits per heavy atom. The number of aromatic nitrogens is 3. The SMILES string of the molecule is Cc1cc(C(=O)OCC(=O)Nc2ccccc2C)c2cnn(C(C)C)c2n1. The van der Waals surface area contributed by atoms with Crippen molar-refractivity contribution >= 4 is 28.6 Å². The molecule has 140 valence electrons. The van der Waals surface area contributed by atoms with Crippen molar-refractivity contribution in [1.82, 2.24) is 14.8 Å². The highest BCUT2D eigenvalue weighted by Crippen LogP contribution is 2.21. The number of benzene rings is 1. The fourth-order valence-electron chi connectivity index (χ4n) is 2.80. The molecule has 1 amide bonds. The Bertz CT molecular complexity index is 1010. The van der Waals surface area contributed by atoms with Gasteiger partial charge in [0.05, 0.1) is 17.1 Å². The van der Waals surface area contributed by atoms with Crippen molar-refractivity contribution in [2.75, 3.05) is 11.9 Å². The minimum atomic E-state index is -0.575. The third-order valence-corrected chi connectivity index (χ3v) is 4.16. The zero-order valence-corrected chi connectivity index (χ0v) is 15.8. The fraction of sp³-hybridized carbons (Fsp3) is 0.300. The van der Waals surface area contributed by atoms with E-state index in [0.717, 1.165) is 5.56 Å². The van der Waals surface area contributed by atoms with Crippen LogP contribution in [-0.4, -0.2) is 33.2 Å². The van der Waals surface area contributed by atoms with Gasteiger partial charge < -0.3 is 10.1 Å². The highest BCUT2D eigenvalue weighted by Gasteiger charge is 2.19. The third-order valence-electron chi connectivity index (χ3n) is 4.16. The molecule has 3 rings (SSSR count). The molecule has 0 aliphatic rings. The Morgan fingerprint density at radius 2 is 1.96 bits per heavy atom. The molecule has 0 aliphatic heterocycles. The molecule has 2 heterocycles. The third kappa shape index (κ3) is 3.97. The smallest absolute Gasteiger partial charge is 0.339 e. The standard InChI is InChI=1S/C20H22N4O3/c1-12(2)24-19-16(10-21-24)15(9-14(4)22-19)20(26)27-11-18(25)23-17-8-6-5-7-13(17)3/h5-10,12H,11H2,1-4H3,(H,23,25). The maximum atomic E-state index is 12.5. The van der Waals surface area contributed by atoms with Crippen molar-refractivity contribution in [2.45, 2.75) is 33.7 Å². The Hall–Kier alpha value is -3.22. The lowest BCUT2D eigenvalue weighted by Gasteiger charge is -2.10. The Balaban J connectivity index is 1.75. The van der Waals surface area contributed by atoms with Gasteiger partial charge in [-0.3, -0.25) is 4.79 Å². The Labute approximate surface area is 157 Å². The van der Waals surface area contributed by atoms with Crippen LogP contribution >= 0.6 is 0 Å². The van der Waals surface area contributed by atoms with Gasteiger partial charge in [0.15, 0.2) is 12.3 Å². The largest absolute Gasteiger partial charge is 0.452 e. The van der Waals surface area contributed by atoms with E-state index in [1.807, 2.05) is 39.0 Å². The molecule has 7 heteroatoms. The summed E-state index contributed by atoms with van der Waals surface area (Å²) >= 11 is 0. The van der Waals surface area contributed by atoms with Crippen LogP contribution in [0.5, 0.6) is 0 Å². The minimum Gasteiger partial charge on any atom is -0.452 e. The molecule has 0 radical (unpaired) electrons. The summed E-state index contributed by atoms with van der Waals surface area (Å²) in [5.74, 6) is -0.966. The monoisotopic (exact) mass is 366 g/mol. The number of aryl methyl sites for hydroxylation is 2. The minimum absolute atomic E-state index is 0.112. The van der Waals surface area contributed by atoms with Crippen molar-refractivity contribution in [1.29, 1.82) is 0 Å². The van der Waals surface area contributed by atoms with Crippen molar-refractivity contribution < 1.29 is 14.3 Å². The van der Waals surface area contributed by atoms with E-state index in [2.05, 4.69) is 15.4 Å². The molecule has 0 aliphatic carbocycles. The number of para-hydroxylation sites is 1. The number of rotatable bonds is 5. The van der Waals surface area contributed by atoms with Gasteiger partial charge in [-0.05, 0) is 45.4 Å². The van der Waals surface area contributed by atoms with Gasteiger partial charge in [-0.25, -0.2) is 14.5 Å². The predicted octanol–water partition coefficient (Wildman–Crippen LogP) is 3.42. The quantitative estimate of drug-likeness (QED) is 0.699. The number of ether oxygens (including phenoxy) is 1. The summed E-state index contributed by atoms with van der Waals surface area (Å²) < 4.78 is 6.97. The molecule has 0 saturated carbocycles. The summed E-state index contributed by atoms with van der Waals surface area (Å²) in [5.41, 5.74) is 3.29. The van der Waals surface area contributed by atoms with Gasteiger partial charge in [-0.2, -0.15) is 5.10 Å².